The van der Waals surface area contributed by atoms with Crippen LogP contribution in [0.2, 0.25) is 0 Å². The van der Waals surface area contributed by atoms with Gasteiger partial charge in [-0.05, 0) is 17.9 Å². The summed E-state index contributed by atoms with van der Waals surface area (Å²) in [5.74, 6) is 1.52. The Bertz CT molecular complexity index is 314. The Kier molecular flexibility index (Phi) is 2.32. The summed E-state index contributed by atoms with van der Waals surface area (Å²) in [4.78, 5) is 6.47. The summed E-state index contributed by atoms with van der Waals surface area (Å²) < 4.78 is 0. The fourth-order valence-corrected chi connectivity index (χ4v) is 1.96. The maximum absolute atomic E-state index is 5.71. The number of nitrogen functional groups attached to an aromatic ring is 1. The molecule has 0 amide bonds. The number of anilines is 2. The molecule has 2 unspecified atom stereocenters. The second-order valence-corrected chi connectivity index (χ2v) is 4.34. The van der Waals surface area contributed by atoms with Crippen LogP contribution in [-0.4, -0.2) is 18.1 Å². The highest BCUT2D eigenvalue weighted by atomic mass is 15.2. The molecule has 0 saturated carbocycles. The highest BCUT2D eigenvalue weighted by Crippen LogP contribution is 2.27. The van der Waals surface area contributed by atoms with Gasteiger partial charge in [-0.2, -0.15) is 0 Å². The molecule has 0 bridgehead atoms. The van der Waals surface area contributed by atoms with E-state index in [1.165, 1.54) is 0 Å². The van der Waals surface area contributed by atoms with E-state index in [2.05, 4.69) is 23.7 Å². The first-order chi connectivity index (χ1) is 6.66. The molecule has 2 rings (SSSR count). The van der Waals surface area contributed by atoms with Gasteiger partial charge in [-0.1, -0.05) is 13.8 Å². The monoisotopic (exact) mass is 191 g/mol. The van der Waals surface area contributed by atoms with Crippen LogP contribution in [0.1, 0.15) is 13.8 Å². The first-order valence-electron chi connectivity index (χ1n) is 5.12. The Morgan fingerprint density at radius 3 is 2.50 bits per heavy atom. The largest absolute Gasteiger partial charge is 0.397 e. The second-order valence-electron chi connectivity index (χ2n) is 4.34. The van der Waals surface area contributed by atoms with E-state index >= 15 is 0 Å². The number of rotatable bonds is 1. The fraction of sp³-hybridized carbons (Fsp3) is 0.545. The summed E-state index contributed by atoms with van der Waals surface area (Å²) in [7, 11) is 0. The topological polar surface area (TPSA) is 42.2 Å². The first-order valence-corrected chi connectivity index (χ1v) is 5.12. The number of pyridine rings is 1. The van der Waals surface area contributed by atoms with Crippen molar-refractivity contribution in [2.24, 2.45) is 11.8 Å². The van der Waals surface area contributed by atoms with Gasteiger partial charge in [0, 0.05) is 19.3 Å². The number of nitrogens with two attached hydrogens (primary N) is 1. The SMILES string of the molecule is CC1CN(c2cncc(N)c2)CC1C. The van der Waals surface area contributed by atoms with E-state index < -0.39 is 0 Å². The molecule has 2 atom stereocenters. The van der Waals surface area contributed by atoms with E-state index in [1.54, 1.807) is 6.20 Å². The van der Waals surface area contributed by atoms with Gasteiger partial charge in [0.1, 0.15) is 0 Å². The van der Waals surface area contributed by atoms with Crippen LogP contribution in [0.25, 0.3) is 0 Å². The molecule has 1 aliphatic heterocycles. The molecular formula is C11H17N3. The third kappa shape index (κ3) is 1.67. The molecule has 1 fully saturated rings. The molecule has 3 heteroatoms. The Balaban J connectivity index is 2.17. The number of nitrogens with zero attached hydrogens (tertiary/aromatic N) is 2. The van der Waals surface area contributed by atoms with Crippen LogP contribution in [-0.2, 0) is 0 Å². The average Bonchev–Trinajstić information content (AvgIpc) is 2.47. The van der Waals surface area contributed by atoms with Crippen molar-refractivity contribution in [3.8, 4) is 0 Å². The quantitative estimate of drug-likeness (QED) is 0.735. The van der Waals surface area contributed by atoms with Crippen molar-refractivity contribution in [1.29, 1.82) is 0 Å². The standard InChI is InChI=1S/C11H17N3/c1-8-6-14(7-9(8)2)11-3-10(12)4-13-5-11/h3-5,8-9H,6-7,12H2,1-2H3. The number of aromatic nitrogens is 1. The Morgan fingerprint density at radius 1 is 1.29 bits per heavy atom. The summed E-state index contributed by atoms with van der Waals surface area (Å²) in [6.07, 6.45) is 3.58. The Labute approximate surface area is 84.9 Å². The predicted molar refractivity (Wildman–Crippen MR) is 59.2 cm³/mol. The van der Waals surface area contributed by atoms with Crippen molar-refractivity contribution < 1.29 is 0 Å². The van der Waals surface area contributed by atoms with Crippen LogP contribution in [0.3, 0.4) is 0 Å². The van der Waals surface area contributed by atoms with E-state index in [0.717, 1.165) is 36.3 Å². The summed E-state index contributed by atoms with van der Waals surface area (Å²) in [6, 6.07) is 2.00. The minimum atomic E-state index is 0.745. The van der Waals surface area contributed by atoms with E-state index in [-0.39, 0.29) is 0 Å². The molecule has 0 aromatic carbocycles. The summed E-state index contributed by atoms with van der Waals surface area (Å²) in [5.41, 5.74) is 7.61. The van der Waals surface area contributed by atoms with Gasteiger partial charge in [-0.15, -0.1) is 0 Å². The predicted octanol–water partition coefficient (Wildman–Crippen LogP) is 1.76. The minimum Gasteiger partial charge on any atom is -0.397 e. The van der Waals surface area contributed by atoms with Crippen molar-refractivity contribution in [1.82, 2.24) is 4.98 Å². The zero-order valence-electron chi connectivity index (χ0n) is 8.77. The highest BCUT2D eigenvalue weighted by molar-refractivity contribution is 5.53. The summed E-state index contributed by atoms with van der Waals surface area (Å²) >= 11 is 0. The normalized spacial score (nSPS) is 26.9. The summed E-state index contributed by atoms with van der Waals surface area (Å²) in [5, 5.41) is 0. The lowest BCUT2D eigenvalue weighted by Gasteiger charge is -2.17. The minimum absolute atomic E-state index is 0.745. The molecule has 1 aromatic heterocycles. The van der Waals surface area contributed by atoms with Crippen molar-refractivity contribution in [3.63, 3.8) is 0 Å². The third-order valence-corrected chi connectivity index (χ3v) is 3.10. The second kappa shape index (κ2) is 3.48. The van der Waals surface area contributed by atoms with Crippen molar-refractivity contribution in [2.75, 3.05) is 23.7 Å². The molecular weight excluding hydrogens is 174 g/mol. The van der Waals surface area contributed by atoms with Crippen LogP contribution >= 0.6 is 0 Å². The lowest BCUT2D eigenvalue weighted by Crippen LogP contribution is -2.19. The van der Waals surface area contributed by atoms with Gasteiger partial charge >= 0.3 is 0 Å². The molecule has 1 saturated heterocycles. The van der Waals surface area contributed by atoms with Crippen molar-refractivity contribution in [3.05, 3.63) is 18.5 Å². The van der Waals surface area contributed by atoms with Gasteiger partial charge in [0.2, 0.25) is 0 Å². The molecule has 1 aromatic rings. The molecule has 3 nitrogen and oxygen atoms in total. The number of hydrogen-bond donors (Lipinski definition) is 1. The van der Waals surface area contributed by atoms with Gasteiger partial charge < -0.3 is 10.6 Å². The molecule has 2 heterocycles. The van der Waals surface area contributed by atoms with Crippen LogP contribution in [0, 0.1) is 11.8 Å². The van der Waals surface area contributed by atoms with Crippen molar-refractivity contribution in [2.45, 2.75) is 13.8 Å². The lowest BCUT2D eigenvalue weighted by atomic mass is 10.0. The fourth-order valence-electron chi connectivity index (χ4n) is 1.96. The first kappa shape index (κ1) is 9.31. The zero-order valence-corrected chi connectivity index (χ0v) is 8.77. The molecule has 0 radical (unpaired) electrons. The van der Waals surface area contributed by atoms with E-state index in [9.17, 15) is 0 Å². The van der Waals surface area contributed by atoms with Crippen LogP contribution < -0.4 is 10.6 Å². The molecule has 14 heavy (non-hydrogen) atoms. The third-order valence-electron chi connectivity index (χ3n) is 3.10. The molecule has 1 aliphatic rings. The van der Waals surface area contributed by atoms with Crippen molar-refractivity contribution >= 4 is 11.4 Å². The molecule has 2 N–H and O–H groups in total. The molecule has 0 spiro atoms. The molecule has 76 valence electrons. The van der Waals surface area contributed by atoms with Gasteiger partial charge in [0.05, 0.1) is 17.6 Å². The average molecular weight is 191 g/mol. The smallest absolute Gasteiger partial charge is 0.0573 e. The highest BCUT2D eigenvalue weighted by Gasteiger charge is 2.26. The van der Waals surface area contributed by atoms with Crippen LogP contribution in [0.4, 0.5) is 11.4 Å². The van der Waals surface area contributed by atoms with E-state index in [1.807, 2.05) is 12.3 Å². The Hall–Kier alpha value is -1.25. The maximum Gasteiger partial charge on any atom is 0.0573 e. The van der Waals surface area contributed by atoms with E-state index in [0.29, 0.717) is 0 Å². The van der Waals surface area contributed by atoms with Gasteiger partial charge in [0.25, 0.3) is 0 Å². The van der Waals surface area contributed by atoms with Gasteiger partial charge in [-0.3, -0.25) is 4.98 Å². The van der Waals surface area contributed by atoms with Crippen LogP contribution in [0.5, 0.6) is 0 Å². The summed E-state index contributed by atoms with van der Waals surface area (Å²) in [6.45, 7) is 6.83. The molecule has 0 aliphatic carbocycles. The lowest BCUT2D eigenvalue weighted by molar-refractivity contribution is 0.494. The van der Waals surface area contributed by atoms with E-state index in [4.69, 9.17) is 5.73 Å². The maximum atomic E-state index is 5.71. The Morgan fingerprint density at radius 2 is 1.93 bits per heavy atom. The van der Waals surface area contributed by atoms with Crippen LogP contribution in [0.15, 0.2) is 18.5 Å². The van der Waals surface area contributed by atoms with Gasteiger partial charge in [-0.25, -0.2) is 0 Å². The van der Waals surface area contributed by atoms with Gasteiger partial charge in [0.15, 0.2) is 0 Å². The zero-order chi connectivity index (χ0) is 10.1. The number of hydrogen-bond acceptors (Lipinski definition) is 3.